The number of rotatable bonds is 5. The van der Waals surface area contributed by atoms with Gasteiger partial charge in [0.2, 0.25) is 11.8 Å². The topological polar surface area (TPSA) is 70.2 Å². The molecule has 24 heavy (non-hydrogen) atoms. The summed E-state index contributed by atoms with van der Waals surface area (Å²) in [6.45, 7) is 9.64. The fraction of sp³-hybridized carbons (Fsp3) is 0.579. The minimum Gasteiger partial charge on any atom is -0.326 e. The van der Waals surface area contributed by atoms with Gasteiger partial charge in [-0.15, -0.1) is 0 Å². The first kappa shape index (κ1) is 18.5. The minimum absolute atomic E-state index is 0.0267. The van der Waals surface area contributed by atoms with E-state index >= 15 is 0 Å². The molecule has 132 valence electrons. The highest BCUT2D eigenvalue weighted by atomic mass is 16.2. The molecule has 1 aromatic carbocycles. The Hall–Kier alpha value is -1.88. The number of nitrogens with one attached hydrogen (secondary N) is 3. The number of carbonyl (C=O) groups is 2. The molecule has 2 amide bonds. The standard InChI is InChI=1S/C19H29N3O2/c1-13-5-7-15(11-16(13)22-18(24)19(2,3)4)21-17(23)8-6-14-9-10-20-12-14/h5,7,11,14,20H,6,8-10,12H2,1-4H3,(H,21,23)(H,22,24). The molecule has 1 aromatic rings. The summed E-state index contributed by atoms with van der Waals surface area (Å²) in [4.78, 5) is 24.3. The predicted octanol–water partition coefficient (Wildman–Crippen LogP) is 3.31. The van der Waals surface area contributed by atoms with E-state index in [-0.39, 0.29) is 11.8 Å². The number of carbonyl (C=O) groups excluding carboxylic acids is 2. The second kappa shape index (κ2) is 7.79. The van der Waals surface area contributed by atoms with Gasteiger partial charge in [-0.1, -0.05) is 26.8 Å². The molecule has 0 aliphatic carbocycles. The Balaban J connectivity index is 1.94. The monoisotopic (exact) mass is 331 g/mol. The maximum Gasteiger partial charge on any atom is 0.229 e. The summed E-state index contributed by atoms with van der Waals surface area (Å²) in [5, 5.41) is 9.19. The Morgan fingerprint density at radius 2 is 2.00 bits per heavy atom. The van der Waals surface area contributed by atoms with Crippen LogP contribution in [-0.2, 0) is 9.59 Å². The third-order valence-corrected chi connectivity index (χ3v) is 4.39. The van der Waals surface area contributed by atoms with E-state index in [0.717, 1.165) is 42.9 Å². The van der Waals surface area contributed by atoms with Crippen molar-refractivity contribution < 1.29 is 9.59 Å². The summed E-state index contributed by atoms with van der Waals surface area (Å²) in [7, 11) is 0. The van der Waals surface area contributed by atoms with Gasteiger partial charge in [0, 0.05) is 23.2 Å². The van der Waals surface area contributed by atoms with Crippen molar-refractivity contribution >= 4 is 23.2 Å². The normalized spacial score (nSPS) is 17.6. The van der Waals surface area contributed by atoms with E-state index in [1.807, 2.05) is 45.9 Å². The van der Waals surface area contributed by atoms with Gasteiger partial charge >= 0.3 is 0 Å². The van der Waals surface area contributed by atoms with Gasteiger partial charge < -0.3 is 16.0 Å². The summed E-state index contributed by atoms with van der Waals surface area (Å²) in [6, 6.07) is 5.61. The fourth-order valence-corrected chi connectivity index (χ4v) is 2.66. The summed E-state index contributed by atoms with van der Waals surface area (Å²) < 4.78 is 0. The molecule has 1 unspecified atom stereocenters. The highest BCUT2D eigenvalue weighted by Crippen LogP contribution is 2.24. The molecule has 1 saturated heterocycles. The number of aryl methyl sites for hydroxylation is 1. The number of benzene rings is 1. The third kappa shape index (κ3) is 5.34. The second-order valence-corrected chi connectivity index (χ2v) is 7.68. The fourth-order valence-electron chi connectivity index (χ4n) is 2.66. The smallest absolute Gasteiger partial charge is 0.229 e. The van der Waals surface area contributed by atoms with Crippen LogP contribution < -0.4 is 16.0 Å². The van der Waals surface area contributed by atoms with Crippen molar-refractivity contribution in [3.05, 3.63) is 23.8 Å². The zero-order valence-electron chi connectivity index (χ0n) is 15.2. The van der Waals surface area contributed by atoms with Gasteiger partial charge in [0.25, 0.3) is 0 Å². The molecule has 1 fully saturated rings. The van der Waals surface area contributed by atoms with Gasteiger partial charge in [-0.3, -0.25) is 9.59 Å². The molecule has 0 aromatic heterocycles. The Kier molecular flexibility index (Phi) is 5.99. The quantitative estimate of drug-likeness (QED) is 0.775. The van der Waals surface area contributed by atoms with E-state index < -0.39 is 5.41 Å². The van der Waals surface area contributed by atoms with Crippen LogP contribution in [0.2, 0.25) is 0 Å². The molecule has 0 radical (unpaired) electrons. The molecular formula is C19H29N3O2. The Morgan fingerprint density at radius 1 is 1.25 bits per heavy atom. The lowest BCUT2D eigenvalue weighted by atomic mass is 9.95. The van der Waals surface area contributed by atoms with Crippen LogP contribution in [0.1, 0.15) is 45.6 Å². The maximum atomic E-state index is 12.2. The average molecular weight is 331 g/mol. The van der Waals surface area contributed by atoms with Crippen molar-refractivity contribution in [1.82, 2.24) is 5.32 Å². The maximum absolute atomic E-state index is 12.2. The zero-order valence-corrected chi connectivity index (χ0v) is 15.2. The second-order valence-electron chi connectivity index (χ2n) is 7.68. The average Bonchev–Trinajstić information content (AvgIpc) is 3.01. The first-order valence-electron chi connectivity index (χ1n) is 8.68. The molecule has 0 bridgehead atoms. The van der Waals surface area contributed by atoms with Crippen molar-refractivity contribution in [3.8, 4) is 0 Å². The Morgan fingerprint density at radius 3 is 2.62 bits per heavy atom. The van der Waals surface area contributed by atoms with Crippen molar-refractivity contribution in [3.63, 3.8) is 0 Å². The van der Waals surface area contributed by atoms with Crippen molar-refractivity contribution in [1.29, 1.82) is 0 Å². The van der Waals surface area contributed by atoms with Crippen LogP contribution in [0.5, 0.6) is 0 Å². The molecule has 3 N–H and O–H groups in total. The lowest BCUT2D eigenvalue weighted by Gasteiger charge is -2.19. The largest absolute Gasteiger partial charge is 0.326 e. The van der Waals surface area contributed by atoms with E-state index in [1.165, 1.54) is 0 Å². The van der Waals surface area contributed by atoms with E-state index in [4.69, 9.17) is 0 Å². The molecular weight excluding hydrogens is 302 g/mol. The zero-order chi connectivity index (χ0) is 17.7. The van der Waals surface area contributed by atoms with Crippen LogP contribution in [0.25, 0.3) is 0 Å². The van der Waals surface area contributed by atoms with Crippen LogP contribution in [0.3, 0.4) is 0 Å². The van der Waals surface area contributed by atoms with Gasteiger partial charge in [-0.2, -0.15) is 0 Å². The van der Waals surface area contributed by atoms with Crippen molar-refractivity contribution in [2.45, 2.75) is 47.0 Å². The van der Waals surface area contributed by atoms with Crippen molar-refractivity contribution in [2.75, 3.05) is 23.7 Å². The molecule has 1 aliphatic rings. The third-order valence-electron chi connectivity index (χ3n) is 4.39. The number of anilines is 2. The summed E-state index contributed by atoms with van der Waals surface area (Å²) >= 11 is 0. The first-order chi connectivity index (χ1) is 11.3. The van der Waals surface area contributed by atoms with Crippen LogP contribution in [0.15, 0.2) is 18.2 Å². The predicted molar refractivity (Wildman–Crippen MR) is 98.1 cm³/mol. The lowest BCUT2D eigenvalue weighted by molar-refractivity contribution is -0.123. The van der Waals surface area contributed by atoms with Gasteiger partial charge in [0.15, 0.2) is 0 Å². The van der Waals surface area contributed by atoms with Crippen molar-refractivity contribution in [2.24, 2.45) is 11.3 Å². The molecule has 1 heterocycles. The van der Waals surface area contributed by atoms with E-state index in [9.17, 15) is 9.59 Å². The molecule has 0 spiro atoms. The van der Waals surface area contributed by atoms with E-state index in [1.54, 1.807) is 0 Å². The SMILES string of the molecule is Cc1ccc(NC(=O)CCC2CCNC2)cc1NC(=O)C(C)(C)C. The molecule has 2 rings (SSSR count). The number of hydrogen-bond acceptors (Lipinski definition) is 3. The van der Waals surface area contributed by atoms with Gasteiger partial charge in [0.05, 0.1) is 0 Å². The molecule has 1 aliphatic heterocycles. The molecule has 5 nitrogen and oxygen atoms in total. The number of hydrogen-bond donors (Lipinski definition) is 3. The summed E-state index contributed by atoms with van der Waals surface area (Å²) in [5.41, 5.74) is 1.98. The van der Waals surface area contributed by atoms with Crippen LogP contribution >= 0.6 is 0 Å². The van der Waals surface area contributed by atoms with Gasteiger partial charge in [-0.25, -0.2) is 0 Å². The molecule has 1 atom stereocenters. The molecule has 5 heteroatoms. The van der Waals surface area contributed by atoms with Crippen LogP contribution in [0.4, 0.5) is 11.4 Å². The van der Waals surface area contributed by atoms with Gasteiger partial charge in [-0.05, 0) is 56.5 Å². The molecule has 0 saturated carbocycles. The highest BCUT2D eigenvalue weighted by Gasteiger charge is 2.22. The minimum atomic E-state index is -0.457. The van der Waals surface area contributed by atoms with E-state index in [2.05, 4.69) is 16.0 Å². The lowest BCUT2D eigenvalue weighted by Crippen LogP contribution is -2.28. The van der Waals surface area contributed by atoms with Crippen LogP contribution in [0, 0.1) is 18.3 Å². The Labute approximate surface area is 144 Å². The number of amides is 2. The highest BCUT2D eigenvalue weighted by molar-refractivity contribution is 5.97. The van der Waals surface area contributed by atoms with Gasteiger partial charge in [0.1, 0.15) is 0 Å². The summed E-state index contributed by atoms with van der Waals surface area (Å²) in [5.74, 6) is 0.595. The summed E-state index contributed by atoms with van der Waals surface area (Å²) in [6.07, 6.45) is 2.60. The van der Waals surface area contributed by atoms with E-state index in [0.29, 0.717) is 12.3 Å². The van der Waals surface area contributed by atoms with Crippen LogP contribution in [-0.4, -0.2) is 24.9 Å². The Bertz CT molecular complexity index is 599. The first-order valence-corrected chi connectivity index (χ1v) is 8.68.